The van der Waals surface area contributed by atoms with Gasteiger partial charge >= 0.3 is 51.4 Å². The van der Waals surface area contributed by atoms with Crippen molar-refractivity contribution in [1.82, 2.24) is 0 Å². The molecule has 0 unspecified atom stereocenters. The van der Waals surface area contributed by atoms with Crippen molar-refractivity contribution in [3.63, 3.8) is 0 Å². The van der Waals surface area contributed by atoms with Gasteiger partial charge < -0.3 is 9.66 Å². The Morgan fingerprint density at radius 3 is 2.31 bits per heavy atom. The molecule has 0 fully saturated rings. The van der Waals surface area contributed by atoms with E-state index in [-0.39, 0.29) is 62.0 Å². The van der Waals surface area contributed by atoms with Crippen LogP contribution in [0.5, 0.6) is 5.75 Å². The Labute approximate surface area is 119 Å². The Kier molecular flexibility index (Phi) is 5.09. The summed E-state index contributed by atoms with van der Waals surface area (Å²) < 4.78 is 31.4. The molecular formula is C7H7KO4S. The first kappa shape index (κ1) is 13.6. The van der Waals surface area contributed by atoms with E-state index in [0.29, 0.717) is 5.56 Å². The smallest absolute Gasteiger partial charge is 0.744 e. The average Bonchev–Trinajstić information content (AvgIpc) is 1.92. The van der Waals surface area contributed by atoms with Crippen molar-refractivity contribution in [1.29, 1.82) is 0 Å². The van der Waals surface area contributed by atoms with Gasteiger partial charge in [-0.1, -0.05) is 0 Å². The summed E-state index contributed by atoms with van der Waals surface area (Å²) in [5, 5.41) is 9.01. The molecule has 1 rings (SSSR count). The maximum absolute atomic E-state index is 10.5. The van der Waals surface area contributed by atoms with Crippen molar-refractivity contribution < 1.29 is 69.5 Å². The summed E-state index contributed by atoms with van der Waals surface area (Å²) in [6, 6.07) is 3.39. The molecule has 0 amide bonds. The van der Waals surface area contributed by atoms with Gasteiger partial charge in [0.2, 0.25) is 0 Å². The third-order valence-electron chi connectivity index (χ3n) is 1.46. The van der Waals surface area contributed by atoms with Gasteiger partial charge in [-0.2, -0.15) is 0 Å². The topological polar surface area (TPSA) is 77.4 Å². The second kappa shape index (κ2) is 4.88. The van der Waals surface area contributed by atoms with Gasteiger partial charge in [-0.15, -0.1) is 0 Å². The molecule has 0 radical (unpaired) electrons. The predicted molar refractivity (Wildman–Crippen MR) is 40.8 cm³/mol. The van der Waals surface area contributed by atoms with Crippen LogP contribution in [0.1, 0.15) is 5.56 Å². The first-order chi connectivity index (χ1) is 5.41. The van der Waals surface area contributed by atoms with E-state index >= 15 is 0 Å². The van der Waals surface area contributed by atoms with Gasteiger partial charge in [0.15, 0.2) is 0 Å². The van der Waals surface area contributed by atoms with E-state index in [2.05, 4.69) is 0 Å². The standard InChI is InChI=1S/C7H8O4S.K/c1-5-4-6(12(9,10)11)2-3-7(5)8;/h2-4,8H,1H3,(H,9,10,11);/q;+1/p-1. The van der Waals surface area contributed by atoms with Crippen LogP contribution < -0.4 is 51.4 Å². The van der Waals surface area contributed by atoms with Crippen molar-refractivity contribution >= 4 is 10.1 Å². The second-order valence-corrected chi connectivity index (χ2v) is 3.78. The number of rotatable bonds is 1. The summed E-state index contributed by atoms with van der Waals surface area (Å²) in [4.78, 5) is -0.321. The number of benzene rings is 1. The molecule has 13 heavy (non-hydrogen) atoms. The molecule has 0 aliphatic rings. The largest absolute Gasteiger partial charge is 1.00 e. The molecule has 0 spiro atoms. The maximum atomic E-state index is 10.5. The summed E-state index contributed by atoms with van der Waals surface area (Å²) in [7, 11) is -4.40. The van der Waals surface area contributed by atoms with E-state index in [4.69, 9.17) is 5.11 Å². The van der Waals surface area contributed by atoms with Crippen LogP contribution in [-0.2, 0) is 10.1 Å². The second-order valence-electron chi connectivity index (χ2n) is 2.40. The van der Waals surface area contributed by atoms with Crippen LogP contribution in [-0.4, -0.2) is 18.1 Å². The molecular weight excluding hydrogens is 219 g/mol. The fourth-order valence-corrected chi connectivity index (χ4v) is 1.34. The molecule has 1 aromatic rings. The summed E-state index contributed by atoms with van der Waals surface area (Å²) in [6.07, 6.45) is 0. The third kappa shape index (κ3) is 3.66. The number of phenolic OH excluding ortho intramolecular Hbond substituents is 1. The molecule has 0 heterocycles. The Hall–Kier alpha value is 0.566. The monoisotopic (exact) mass is 226 g/mol. The number of aryl methyl sites for hydroxylation is 1. The summed E-state index contributed by atoms with van der Waals surface area (Å²) in [5.74, 6) is -0.0256. The fourth-order valence-electron chi connectivity index (χ4n) is 0.783. The summed E-state index contributed by atoms with van der Waals surface area (Å²) in [5.41, 5.74) is 0.368. The third-order valence-corrected chi connectivity index (χ3v) is 2.29. The minimum absolute atomic E-state index is 0. The van der Waals surface area contributed by atoms with Gasteiger partial charge in [-0.3, -0.25) is 0 Å². The zero-order chi connectivity index (χ0) is 9.35. The molecule has 0 saturated heterocycles. The SMILES string of the molecule is Cc1cc(S(=O)(=O)[O-])ccc1O.[K+]. The van der Waals surface area contributed by atoms with Gasteiger partial charge in [0.05, 0.1) is 4.90 Å². The van der Waals surface area contributed by atoms with Crippen molar-refractivity contribution in [3.8, 4) is 5.75 Å². The van der Waals surface area contributed by atoms with E-state index in [1.165, 1.54) is 13.0 Å². The zero-order valence-corrected chi connectivity index (χ0v) is 11.3. The van der Waals surface area contributed by atoms with Crippen LogP contribution in [0, 0.1) is 6.92 Å². The Morgan fingerprint density at radius 1 is 1.38 bits per heavy atom. The molecule has 0 aliphatic heterocycles. The van der Waals surface area contributed by atoms with Gasteiger partial charge in [0, 0.05) is 0 Å². The molecule has 0 aromatic heterocycles. The van der Waals surface area contributed by atoms with Crippen LogP contribution in [0.15, 0.2) is 23.1 Å². The fraction of sp³-hybridized carbons (Fsp3) is 0.143. The molecule has 6 heteroatoms. The van der Waals surface area contributed by atoms with Crippen LogP contribution >= 0.6 is 0 Å². The number of phenols is 1. The van der Waals surface area contributed by atoms with Crippen molar-refractivity contribution in [2.24, 2.45) is 0 Å². The molecule has 0 bridgehead atoms. The van der Waals surface area contributed by atoms with Gasteiger partial charge in [0.1, 0.15) is 15.9 Å². The molecule has 4 nitrogen and oxygen atoms in total. The van der Waals surface area contributed by atoms with Gasteiger partial charge in [-0.05, 0) is 30.7 Å². The minimum Gasteiger partial charge on any atom is -0.744 e. The van der Waals surface area contributed by atoms with Crippen molar-refractivity contribution in [2.75, 3.05) is 0 Å². The molecule has 66 valence electrons. The van der Waals surface area contributed by atoms with Gasteiger partial charge in [0.25, 0.3) is 0 Å². The summed E-state index contributed by atoms with van der Waals surface area (Å²) >= 11 is 0. The molecule has 1 N–H and O–H groups in total. The Bertz CT molecular complexity index is 399. The first-order valence-electron chi connectivity index (χ1n) is 3.17. The minimum atomic E-state index is -4.40. The Morgan fingerprint density at radius 2 is 1.92 bits per heavy atom. The van der Waals surface area contributed by atoms with Crippen LogP contribution in [0.3, 0.4) is 0 Å². The van der Waals surface area contributed by atoms with E-state index in [1.54, 1.807) is 0 Å². The molecule has 0 saturated carbocycles. The van der Waals surface area contributed by atoms with Crippen LogP contribution in [0.25, 0.3) is 0 Å². The average molecular weight is 226 g/mol. The van der Waals surface area contributed by atoms with E-state index in [9.17, 15) is 13.0 Å². The van der Waals surface area contributed by atoms with E-state index in [0.717, 1.165) is 12.1 Å². The number of hydrogen-bond donors (Lipinski definition) is 1. The van der Waals surface area contributed by atoms with Crippen molar-refractivity contribution in [3.05, 3.63) is 23.8 Å². The molecule has 0 atom stereocenters. The van der Waals surface area contributed by atoms with E-state index in [1.807, 2.05) is 0 Å². The predicted octanol–water partition coefficient (Wildman–Crippen LogP) is -2.39. The van der Waals surface area contributed by atoms with Crippen molar-refractivity contribution in [2.45, 2.75) is 11.8 Å². The Balaban J connectivity index is 0.00000144. The summed E-state index contributed by atoms with van der Waals surface area (Å²) in [6.45, 7) is 1.52. The molecule has 0 aliphatic carbocycles. The quantitative estimate of drug-likeness (QED) is 0.428. The van der Waals surface area contributed by atoms with Crippen LogP contribution in [0.4, 0.5) is 0 Å². The number of aromatic hydroxyl groups is 1. The number of hydrogen-bond acceptors (Lipinski definition) is 4. The molecule has 1 aromatic carbocycles. The van der Waals surface area contributed by atoms with Crippen LogP contribution in [0.2, 0.25) is 0 Å². The zero-order valence-electron chi connectivity index (χ0n) is 7.31. The first-order valence-corrected chi connectivity index (χ1v) is 4.57. The van der Waals surface area contributed by atoms with E-state index < -0.39 is 10.1 Å². The normalized spacial score (nSPS) is 10.6. The van der Waals surface area contributed by atoms with Gasteiger partial charge in [-0.25, -0.2) is 8.42 Å². The maximum Gasteiger partial charge on any atom is 1.00 e.